The molecule has 0 bridgehead atoms. The van der Waals surface area contributed by atoms with Crippen molar-refractivity contribution in [1.29, 1.82) is 0 Å². The zero-order valence-corrected chi connectivity index (χ0v) is 15.8. The van der Waals surface area contributed by atoms with Crippen LogP contribution in [0.1, 0.15) is 49.1 Å². The van der Waals surface area contributed by atoms with Crippen LogP contribution in [0.15, 0.2) is 48.5 Å². The molecule has 0 aromatic heterocycles. The second kappa shape index (κ2) is 8.05. The van der Waals surface area contributed by atoms with E-state index in [0.29, 0.717) is 12.8 Å². The summed E-state index contributed by atoms with van der Waals surface area (Å²) in [5.74, 6) is -1.14. The Labute approximate surface area is 164 Å². The van der Waals surface area contributed by atoms with Crippen LogP contribution in [0, 0.1) is 5.92 Å². The third-order valence-electron chi connectivity index (χ3n) is 5.94. The minimum Gasteiger partial charge on any atom is -0.481 e. The average molecular weight is 379 g/mol. The lowest BCUT2D eigenvalue weighted by Gasteiger charge is -2.20. The van der Waals surface area contributed by atoms with Crippen molar-refractivity contribution < 1.29 is 19.4 Å². The molecule has 2 aliphatic carbocycles. The van der Waals surface area contributed by atoms with Crippen LogP contribution in [0.5, 0.6) is 0 Å². The quantitative estimate of drug-likeness (QED) is 0.764. The van der Waals surface area contributed by atoms with Gasteiger partial charge in [0.05, 0.1) is 5.92 Å². The molecular formula is C23H25NO4. The molecule has 4 rings (SSSR count). The number of aliphatic carboxylic acids is 1. The van der Waals surface area contributed by atoms with Crippen molar-refractivity contribution in [1.82, 2.24) is 5.32 Å². The number of alkyl carbamates (subject to hydrolysis) is 1. The van der Waals surface area contributed by atoms with E-state index in [4.69, 9.17) is 4.74 Å². The van der Waals surface area contributed by atoms with E-state index in [1.807, 2.05) is 24.3 Å². The van der Waals surface area contributed by atoms with Crippen molar-refractivity contribution in [2.24, 2.45) is 5.92 Å². The zero-order valence-electron chi connectivity index (χ0n) is 15.8. The van der Waals surface area contributed by atoms with Gasteiger partial charge in [0.2, 0.25) is 0 Å². The van der Waals surface area contributed by atoms with Crippen LogP contribution < -0.4 is 5.32 Å². The third-order valence-corrected chi connectivity index (χ3v) is 5.94. The number of hydrogen-bond acceptors (Lipinski definition) is 3. The van der Waals surface area contributed by atoms with Crippen molar-refractivity contribution >= 4 is 12.1 Å². The summed E-state index contributed by atoms with van der Waals surface area (Å²) in [5.41, 5.74) is 4.74. The highest BCUT2D eigenvalue weighted by molar-refractivity contribution is 5.79. The molecule has 2 aliphatic rings. The maximum Gasteiger partial charge on any atom is 0.407 e. The zero-order chi connectivity index (χ0) is 19.5. The second-order valence-corrected chi connectivity index (χ2v) is 7.72. The first-order chi connectivity index (χ1) is 13.6. The lowest BCUT2D eigenvalue weighted by molar-refractivity contribution is -0.142. The van der Waals surface area contributed by atoms with Gasteiger partial charge < -0.3 is 15.2 Å². The van der Waals surface area contributed by atoms with Gasteiger partial charge in [-0.2, -0.15) is 0 Å². The fourth-order valence-corrected chi connectivity index (χ4v) is 4.52. The Balaban J connectivity index is 1.40. The van der Waals surface area contributed by atoms with Gasteiger partial charge in [0, 0.05) is 12.0 Å². The van der Waals surface area contributed by atoms with Gasteiger partial charge in [-0.25, -0.2) is 4.79 Å². The summed E-state index contributed by atoms with van der Waals surface area (Å²) in [6.45, 7) is 0.273. The summed E-state index contributed by atoms with van der Waals surface area (Å²) in [4.78, 5) is 23.7. The lowest BCUT2D eigenvalue weighted by Crippen LogP contribution is -2.37. The fraction of sp³-hybridized carbons (Fsp3) is 0.391. The summed E-state index contributed by atoms with van der Waals surface area (Å²) in [7, 11) is 0. The number of rotatable bonds is 4. The van der Waals surface area contributed by atoms with E-state index < -0.39 is 12.1 Å². The van der Waals surface area contributed by atoms with Crippen LogP contribution in [0.25, 0.3) is 11.1 Å². The predicted octanol–water partition coefficient (Wildman–Crippen LogP) is 4.56. The van der Waals surface area contributed by atoms with Crippen LogP contribution in [0.2, 0.25) is 0 Å². The molecule has 2 N–H and O–H groups in total. The van der Waals surface area contributed by atoms with Crippen molar-refractivity contribution in [2.75, 3.05) is 6.61 Å². The first-order valence-electron chi connectivity index (χ1n) is 9.98. The van der Waals surface area contributed by atoms with Gasteiger partial charge in [-0.15, -0.1) is 0 Å². The highest BCUT2D eigenvalue weighted by atomic mass is 16.5. The standard InChI is InChI=1S/C23H25NO4/c25-22(26)15-7-1-2-8-16(13-15)24-23(27)28-14-21-19-11-5-3-9-17(19)18-10-4-6-12-20(18)21/h3-6,9-12,15-16,21H,1-2,7-8,13-14H2,(H,24,27)(H,25,26). The molecule has 0 spiro atoms. The Kier molecular flexibility index (Phi) is 5.33. The van der Waals surface area contributed by atoms with Crippen LogP contribution in [-0.2, 0) is 9.53 Å². The molecular weight excluding hydrogens is 354 g/mol. The van der Waals surface area contributed by atoms with Crippen LogP contribution in [0.4, 0.5) is 4.79 Å². The van der Waals surface area contributed by atoms with Gasteiger partial charge in [0.25, 0.3) is 0 Å². The number of nitrogens with one attached hydrogen (secondary N) is 1. The molecule has 28 heavy (non-hydrogen) atoms. The molecule has 1 fully saturated rings. The Morgan fingerprint density at radius 2 is 1.57 bits per heavy atom. The normalized spacial score (nSPS) is 21.3. The minimum atomic E-state index is -0.777. The number of hydrogen-bond donors (Lipinski definition) is 2. The fourth-order valence-electron chi connectivity index (χ4n) is 4.52. The number of ether oxygens (including phenoxy) is 1. The SMILES string of the molecule is O=C(NC1CCCCC(C(=O)O)C1)OCC1c2ccccc2-c2ccccc21. The monoisotopic (exact) mass is 379 g/mol. The Bertz CT molecular complexity index is 833. The van der Waals surface area contributed by atoms with E-state index in [1.165, 1.54) is 22.3 Å². The van der Waals surface area contributed by atoms with E-state index >= 15 is 0 Å². The van der Waals surface area contributed by atoms with Gasteiger partial charge in [-0.3, -0.25) is 4.79 Å². The first kappa shape index (κ1) is 18.5. The molecule has 1 saturated carbocycles. The van der Waals surface area contributed by atoms with E-state index in [9.17, 15) is 14.7 Å². The van der Waals surface area contributed by atoms with E-state index in [2.05, 4.69) is 29.6 Å². The van der Waals surface area contributed by atoms with E-state index in [-0.39, 0.29) is 24.5 Å². The average Bonchev–Trinajstić information content (AvgIpc) is 2.83. The molecule has 0 aliphatic heterocycles. The molecule has 1 amide bonds. The second-order valence-electron chi connectivity index (χ2n) is 7.72. The lowest BCUT2D eigenvalue weighted by atomic mass is 9.98. The molecule has 2 unspecified atom stereocenters. The van der Waals surface area contributed by atoms with E-state index in [1.54, 1.807) is 0 Å². The molecule has 0 heterocycles. The molecule has 2 aromatic carbocycles. The molecule has 2 atom stereocenters. The summed E-state index contributed by atoms with van der Waals surface area (Å²) in [6.07, 6.45) is 3.31. The van der Waals surface area contributed by atoms with Crippen molar-refractivity contribution in [3.63, 3.8) is 0 Å². The Morgan fingerprint density at radius 1 is 0.964 bits per heavy atom. The molecule has 2 aromatic rings. The maximum atomic E-state index is 12.4. The summed E-state index contributed by atoms with van der Waals surface area (Å²) >= 11 is 0. The minimum absolute atomic E-state index is 0.0269. The molecule has 0 saturated heterocycles. The number of carboxylic acid groups (broad SMARTS) is 1. The van der Waals surface area contributed by atoms with Gasteiger partial charge in [-0.05, 0) is 41.5 Å². The van der Waals surface area contributed by atoms with Gasteiger partial charge in [0.1, 0.15) is 6.61 Å². The number of carbonyl (C=O) groups is 2. The summed E-state index contributed by atoms with van der Waals surface area (Å²) in [5, 5.41) is 12.2. The highest BCUT2D eigenvalue weighted by Gasteiger charge is 2.30. The van der Waals surface area contributed by atoms with Crippen LogP contribution in [0.3, 0.4) is 0 Å². The van der Waals surface area contributed by atoms with Crippen molar-refractivity contribution in [3.8, 4) is 11.1 Å². The topological polar surface area (TPSA) is 75.6 Å². The Hall–Kier alpha value is -2.82. The third kappa shape index (κ3) is 3.75. The number of fused-ring (bicyclic) bond motifs is 3. The van der Waals surface area contributed by atoms with Crippen molar-refractivity contribution in [3.05, 3.63) is 59.7 Å². The highest BCUT2D eigenvalue weighted by Crippen LogP contribution is 2.44. The summed E-state index contributed by atoms with van der Waals surface area (Å²) < 4.78 is 5.58. The molecule has 146 valence electrons. The Morgan fingerprint density at radius 3 is 2.21 bits per heavy atom. The molecule has 0 radical (unpaired) electrons. The predicted molar refractivity (Wildman–Crippen MR) is 106 cm³/mol. The van der Waals surface area contributed by atoms with Gasteiger partial charge in [-0.1, -0.05) is 61.4 Å². The van der Waals surface area contributed by atoms with Crippen LogP contribution >= 0.6 is 0 Å². The van der Waals surface area contributed by atoms with Gasteiger partial charge >= 0.3 is 12.1 Å². The maximum absolute atomic E-state index is 12.4. The van der Waals surface area contributed by atoms with Crippen LogP contribution in [-0.4, -0.2) is 29.8 Å². The summed E-state index contributed by atoms with van der Waals surface area (Å²) in [6, 6.07) is 16.3. The number of amides is 1. The smallest absolute Gasteiger partial charge is 0.407 e. The van der Waals surface area contributed by atoms with E-state index in [0.717, 1.165) is 19.3 Å². The largest absolute Gasteiger partial charge is 0.481 e. The number of benzene rings is 2. The van der Waals surface area contributed by atoms with Crippen molar-refractivity contribution in [2.45, 2.75) is 44.1 Å². The van der Waals surface area contributed by atoms with Gasteiger partial charge in [0.15, 0.2) is 0 Å². The number of carboxylic acids is 1. The molecule has 5 heteroatoms. The first-order valence-corrected chi connectivity index (χ1v) is 9.98. The number of carbonyl (C=O) groups excluding carboxylic acids is 1. The molecule has 5 nitrogen and oxygen atoms in total.